The lowest BCUT2D eigenvalue weighted by Crippen LogP contribution is -2.57. The lowest BCUT2D eigenvalue weighted by atomic mass is 10.1. The molecule has 28 heavy (non-hydrogen) atoms. The number of thiazole rings is 1. The Balaban J connectivity index is 0.00000196. The summed E-state index contributed by atoms with van der Waals surface area (Å²) in [4.78, 5) is 19.3. The molecule has 1 aliphatic rings. The van der Waals surface area contributed by atoms with Crippen molar-refractivity contribution in [3.8, 4) is 22.1 Å². The molecule has 2 heterocycles. The first-order valence-corrected chi connectivity index (χ1v) is 9.61. The molecular formula is C19H27Cl2N3O3S. The second kappa shape index (κ2) is 10.9. The number of methoxy groups -OCH3 is 2. The lowest BCUT2D eigenvalue weighted by molar-refractivity contribution is -0.134. The van der Waals surface area contributed by atoms with Crippen LogP contribution in [0.5, 0.6) is 11.5 Å². The second-order valence-corrected chi connectivity index (χ2v) is 7.32. The second-order valence-electron chi connectivity index (χ2n) is 6.46. The zero-order chi connectivity index (χ0) is 18.7. The molecule has 6 nitrogen and oxygen atoms in total. The number of nitrogens with one attached hydrogen (secondary N) is 1. The van der Waals surface area contributed by atoms with Gasteiger partial charge in [-0.05, 0) is 32.0 Å². The van der Waals surface area contributed by atoms with Gasteiger partial charge in [-0.25, -0.2) is 4.98 Å². The molecule has 1 aromatic heterocycles. The SMILES string of the molecule is COc1ccc(-c2nc(CC(=O)N3CCNC(C)C3C)cs2)cc1OC.Cl.Cl. The summed E-state index contributed by atoms with van der Waals surface area (Å²) in [5.41, 5.74) is 1.76. The molecular weight excluding hydrogens is 421 g/mol. The highest BCUT2D eigenvalue weighted by molar-refractivity contribution is 7.13. The quantitative estimate of drug-likeness (QED) is 0.760. The molecule has 1 saturated heterocycles. The molecule has 0 saturated carbocycles. The van der Waals surface area contributed by atoms with Gasteiger partial charge in [-0.3, -0.25) is 4.79 Å². The van der Waals surface area contributed by atoms with Gasteiger partial charge in [0, 0.05) is 36.1 Å². The Bertz CT molecular complexity index is 788. The molecule has 0 spiro atoms. The summed E-state index contributed by atoms with van der Waals surface area (Å²) in [5.74, 6) is 1.49. The Labute approximate surface area is 182 Å². The zero-order valence-corrected chi connectivity index (χ0v) is 18.9. The number of hydrogen-bond donors (Lipinski definition) is 1. The van der Waals surface area contributed by atoms with Gasteiger partial charge in [0.05, 0.1) is 26.3 Å². The van der Waals surface area contributed by atoms with Crippen LogP contribution in [0.3, 0.4) is 0 Å². The highest BCUT2D eigenvalue weighted by atomic mass is 35.5. The number of hydrogen-bond acceptors (Lipinski definition) is 6. The molecule has 0 aliphatic carbocycles. The molecule has 0 radical (unpaired) electrons. The minimum Gasteiger partial charge on any atom is -0.493 e. The van der Waals surface area contributed by atoms with E-state index in [9.17, 15) is 4.79 Å². The highest BCUT2D eigenvalue weighted by Gasteiger charge is 2.28. The summed E-state index contributed by atoms with van der Waals surface area (Å²) < 4.78 is 10.6. The third-order valence-electron chi connectivity index (χ3n) is 4.87. The van der Waals surface area contributed by atoms with Crippen LogP contribution in [0.1, 0.15) is 19.5 Å². The van der Waals surface area contributed by atoms with Gasteiger partial charge in [-0.2, -0.15) is 0 Å². The fourth-order valence-corrected chi connectivity index (χ4v) is 3.97. The van der Waals surface area contributed by atoms with Crippen LogP contribution in [-0.2, 0) is 11.2 Å². The van der Waals surface area contributed by atoms with Gasteiger partial charge in [-0.1, -0.05) is 0 Å². The monoisotopic (exact) mass is 447 g/mol. The summed E-state index contributed by atoms with van der Waals surface area (Å²) in [6.45, 7) is 5.79. The molecule has 9 heteroatoms. The van der Waals surface area contributed by atoms with Gasteiger partial charge in [0.2, 0.25) is 5.91 Å². The number of carbonyl (C=O) groups is 1. The molecule has 1 aromatic carbocycles. The van der Waals surface area contributed by atoms with E-state index in [4.69, 9.17) is 9.47 Å². The maximum absolute atomic E-state index is 12.7. The van der Waals surface area contributed by atoms with Gasteiger partial charge < -0.3 is 19.7 Å². The predicted molar refractivity (Wildman–Crippen MR) is 117 cm³/mol. The van der Waals surface area contributed by atoms with Crippen molar-refractivity contribution in [2.45, 2.75) is 32.4 Å². The first-order valence-electron chi connectivity index (χ1n) is 8.73. The number of aromatic nitrogens is 1. The van der Waals surface area contributed by atoms with Crippen molar-refractivity contribution in [3.63, 3.8) is 0 Å². The first-order chi connectivity index (χ1) is 12.5. The van der Waals surface area contributed by atoms with Crippen LogP contribution < -0.4 is 14.8 Å². The number of rotatable bonds is 5. The maximum atomic E-state index is 12.7. The van der Waals surface area contributed by atoms with E-state index >= 15 is 0 Å². The number of ether oxygens (including phenoxy) is 2. The lowest BCUT2D eigenvalue weighted by Gasteiger charge is -2.38. The topological polar surface area (TPSA) is 63.7 Å². The summed E-state index contributed by atoms with van der Waals surface area (Å²) in [7, 11) is 3.23. The van der Waals surface area contributed by atoms with Crippen LogP contribution in [0, 0.1) is 0 Å². The van der Waals surface area contributed by atoms with E-state index in [0.717, 1.165) is 29.4 Å². The fourth-order valence-electron chi connectivity index (χ4n) is 3.16. The Morgan fingerprint density at radius 1 is 1.25 bits per heavy atom. The fraction of sp³-hybridized carbons (Fsp3) is 0.474. The summed E-state index contributed by atoms with van der Waals surface area (Å²) in [6, 6.07) is 6.23. The van der Waals surface area contributed by atoms with Crippen LogP contribution in [0.25, 0.3) is 10.6 Å². The van der Waals surface area contributed by atoms with Crippen LogP contribution in [-0.4, -0.2) is 55.2 Å². The number of halogens is 2. The largest absolute Gasteiger partial charge is 0.493 e. The number of benzene rings is 1. The van der Waals surface area contributed by atoms with Crippen molar-refractivity contribution >= 4 is 42.1 Å². The summed E-state index contributed by atoms with van der Waals surface area (Å²) >= 11 is 1.53. The Hall–Kier alpha value is -1.54. The van der Waals surface area contributed by atoms with E-state index in [2.05, 4.69) is 24.1 Å². The van der Waals surface area contributed by atoms with Crippen molar-refractivity contribution in [1.29, 1.82) is 0 Å². The molecule has 156 valence electrons. The normalized spacial score (nSPS) is 18.6. The number of carbonyl (C=O) groups excluding carboxylic acids is 1. The zero-order valence-electron chi connectivity index (χ0n) is 16.4. The van der Waals surface area contributed by atoms with Crippen molar-refractivity contribution in [1.82, 2.24) is 15.2 Å². The Morgan fingerprint density at radius 3 is 2.64 bits per heavy atom. The minimum absolute atomic E-state index is 0. The van der Waals surface area contributed by atoms with Gasteiger partial charge in [-0.15, -0.1) is 36.2 Å². The number of amides is 1. The van der Waals surface area contributed by atoms with Gasteiger partial charge in [0.15, 0.2) is 11.5 Å². The third kappa shape index (κ3) is 5.29. The molecule has 0 bridgehead atoms. The van der Waals surface area contributed by atoms with Crippen molar-refractivity contribution in [2.75, 3.05) is 27.3 Å². The van der Waals surface area contributed by atoms with Crippen molar-refractivity contribution < 1.29 is 14.3 Å². The Kier molecular flexibility index (Phi) is 9.50. The molecule has 2 atom stereocenters. The van der Waals surface area contributed by atoms with Crippen molar-refractivity contribution in [3.05, 3.63) is 29.3 Å². The third-order valence-corrected chi connectivity index (χ3v) is 5.81. The van der Waals surface area contributed by atoms with E-state index in [1.54, 1.807) is 14.2 Å². The standard InChI is InChI=1S/C19H25N3O3S.2ClH/c1-12-13(2)22(8-7-20-12)18(23)10-15-11-26-19(21-15)14-5-6-16(24-3)17(9-14)25-4;;/h5-6,9,11-13,20H,7-8,10H2,1-4H3;2*1H. The molecule has 1 aliphatic heterocycles. The molecule has 3 rings (SSSR count). The van der Waals surface area contributed by atoms with Crippen LogP contribution in [0.4, 0.5) is 0 Å². The van der Waals surface area contributed by atoms with E-state index < -0.39 is 0 Å². The molecule has 1 amide bonds. The smallest absolute Gasteiger partial charge is 0.228 e. The number of nitrogens with zero attached hydrogens (tertiary/aromatic N) is 2. The maximum Gasteiger partial charge on any atom is 0.228 e. The minimum atomic E-state index is 0. The molecule has 1 N–H and O–H groups in total. The first kappa shape index (κ1) is 24.5. The summed E-state index contributed by atoms with van der Waals surface area (Å²) in [6.07, 6.45) is 0.334. The molecule has 2 unspecified atom stereocenters. The van der Waals surface area contributed by atoms with E-state index in [-0.39, 0.29) is 36.8 Å². The van der Waals surface area contributed by atoms with Gasteiger partial charge in [0.25, 0.3) is 0 Å². The van der Waals surface area contributed by atoms with Crippen molar-refractivity contribution in [2.24, 2.45) is 0 Å². The average Bonchev–Trinajstić information content (AvgIpc) is 3.11. The average molecular weight is 448 g/mol. The molecule has 1 fully saturated rings. The van der Waals surface area contributed by atoms with Crippen LogP contribution >= 0.6 is 36.2 Å². The van der Waals surface area contributed by atoms with Gasteiger partial charge >= 0.3 is 0 Å². The molecule has 2 aromatic rings. The van der Waals surface area contributed by atoms with E-state index in [1.165, 1.54) is 11.3 Å². The predicted octanol–water partition coefficient (Wildman–Crippen LogP) is 3.42. The van der Waals surface area contributed by atoms with Crippen LogP contribution in [0.15, 0.2) is 23.6 Å². The summed E-state index contributed by atoms with van der Waals surface area (Å²) in [5, 5.41) is 6.23. The van der Waals surface area contributed by atoms with Crippen LogP contribution in [0.2, 0.25) is 0 Å². The Morgan fingerprint density at radius 2 is 1.96 bits per heavy atom. The van der Waals surface area contributed by atoms with E-state index in [1.807, 2.05) is 28.5 Å². The number of piperazine rings is 1. The van der Waals surface area contributed by atoms with E-state index in [0.29, 0.717) is 24.0 Å². The van der Waals surface area contributed by atoms with Gasteiger partial charge in [0.1, 0.15) is 5.01 Å². The highest BCUT2D eigenvalue weighted by Crippen LogP contribution is 2.33.